The lowest BCUT2D eigenvalue weighted by Gasteiger charge is -2.34. The van der Waals surface area contributed by atoms with Gasteiger partial charge in [-0.3, -0.25) is 4.72 Å². The molecule has 1 aromatic carbocycles. The van der Waals surface area contributed by atoms with Crippen LogP contribution in [-0.2, 0) is 14.9 Å². The Morgan fingerprint density at radius 2 is 1.90 bits per heavy atom. The van der Waals surface area contributed by atoms with Gasteiger partial charge in [0, 0.05) is 38.9 Å². The summed E-state index contributed by atoms with van der Waals surface area (Å²) in [4.78, 5) is 2.17. The molecule has 1 aliphatic carbocycles. The summed E-state index contributed by atoms with van der Waals surface area (Å²) in [5.41, 5.74) is -0.00538. The van der Waals surface area contributed by atoms with Crippen molar-refractivity contribution < 1.29 is 21.9 Å². The summed E-state index contributed by atoms with van der Waals surface area (Å²) in [6, 6.07) is 2.76. The fourth-order valence-corrected chi connectivity index (χ4v) is 4.62. The van der Waals surface area contributed by atoms with Crippen molar-refractivity contribution in [1.29, 1.82) is 0 Å². The number of nitrogens with zero attached hydrogens (tertiary/aromatic N) is 2. The summed E-state index contributed by atoms with van der Waals surface area (Å²) >= 11 is 0. The van der Waals surface area contributed by atoms with Gasteiger partial charge in [-0.25, -0.2) is 8.78 Å². The third-order valence-electron chi connectivity index (χ3n) is 5.18. The number of ether oxygens (including phenoxy) is 1. The first-order valence-electron chi connectivity index (χ1n) is 9.84. The zero-order valence-corrected chi connectivity index (χ0v) is 17.9. The first-order chi connectivity index (χ1) is 13.7. The van der Waals surface area contributed by atoms with Crippen LogP contribution >= 0.6 is 0 Å². The molecule has 1 N–H and O–H groups in total. The number of rotatable bonds is 11. The van der Waals surface area contributed by atoms with E-state index in [2.05, 4.69) is 16.2 Å². The molecule has 0 aromatic heterocycles. The predicted molar refractivity (Wildman–Crippen MR) is 111 cm³/mol. The molecule has 1 aromatic rings. The van der Waals surface area contributed by atoms with E-state index in [1.165, 1.54) is 17.4 Å². The van der Waals surface area contributed by atoms with Crippen molar-refractivity contribution in [2.75, 3.05) is 38.5 Å². The van der Waals surface area contributed by atoms with E-state index in [1.807, 2.05) is 13.1 Å². The third kappa shape index (κ3) is 7.33. The normalized spacial score (nSPS) is 20.2. The van der Waals surface area contributed by atoms with Gasteiger partial charge in [0.15, 0.2) is 11.6 Å². The second-order valence-electron chi connectivity index (χ2n) is 7.46. The zero-order chi connectivity index (χ0) is 21.4. The summed E-state index contributed by atoms with van der Waals surface area (Å²) in [5, 5.41) is 0. The molecule has 0 bridgehead atoms. The lowest BCUT2D eigenvalue weighted by molar-refractivity contribution is 0.0143. The molecule has 6 nitrogen and oxygen atoms in total. The number of halogens is 2. The molecule has 164 valence electrons. The molecule has 0 spiro atoms. The summed E-state index contributed by atoms with van der Waals surface area (Å²) in [7, 11) is -0.313. The molecule has 0 heterocycles. The molecule has 0 saturated heterocycles. The lowest BCUT2D eigenvalue weighted by atomic mass is 9.93. The van der Waals surface area contributed by atoms with E-state index in [0.717, 1.165) is 44.5 Å². The Morgan fingerprint density at radius 1 is 1.21 bits per heavy atom. The van der Waals surface area contributed by atoms with Crippen LogP contribution in [0.5, 0.6) is 0 Å². The van der Waals surface area contributed by atoms with Gasteiger partial charge < -0.3 is 9.64 Å². The SMILES string of the molecule is C=CCN(C)CCCO[C@H]1CC[C@H](N(C)S(=O)(=O)Nc2ccc(F)c(F)c2)CC1. The molecular weight excluding hydrogens is 400 g/mol. The highest BCUT2D eigenvalue weighted by molar-refractivity contribution is 7.90. The van der Waals surface area contributed by atoms with E-state index in [0.29, 0.717) is 19.4 Å². The molecule has 1 saturated carbocycles. The molecule has 1 fully saturated rings. The van der Waals surface area contributed by atoms with Crippen LogP contribution in [-0.4, -0.2) is 63.6 Å². The van der Waals surface area contributed by atoms with Crippen LogP contribution in [0, 0.1) is 11.6 Å². The highest BCUT2D eigenvalue weighted by atomic mass is 32.2. The average Bonchev–Trinajstić information content (AvgIpc) is 2.68. The first-order valence-corrected chi connectivity index (χ1v) is 11.3. The molecule has 9 heteroatoms. The van der Waals surface area contributed by atoms with Crippen molar-refractivity contribution in [2.24, 2.45) is 0 Å². The minimum atomic E-state index is -3.86. The van der Waals surface area contributed by atoms with Crippen molar-refractivity contribution in [1.82, 2.24) is 9.21 Å². The molecule has 0 atom stereocenters. The van der Waals surface area contributed by atoms with Gasteiger partial charge in [0.05, 0.1) is 11.8 Å². The van der Waals surface area contributed by atoms with E-state index < -0.39 is 21.8 Å². The maximum Gasteiger partial charge on any atom is 0.301 e. The molecule has 0 unspecified atom stereocenters. The standard InChI is InChI=1S/C20H31F2N3O3S/c1-4-12-24(2)13-5-14-28-18-9-7-17(8-10-18)25(3)29(26,27)23-16-6-11-19(21)20(22)15-16/h4,6,11,15,17-18,23H,1,5,7-10,12-14H2,2-3H3/t17-,18-. The van der Waals surface area contributed by atoms with Crippen molar-refractivity contribution in [2.45, 2.75) is 44.2 Å². The fourth-order valence-electron chi connectivity index (χ4n) is 3.45. The number of anilines is 1. The topological polar surface area (TPSA) is 61.9 Å². The summed E-state index contributed by atoms with van der Waals surface area (Å²) in [5.74, 6) is -2.12. The molecule has 29 heavy (non-hydrogen) atoms. The molecule has 0 amide bonds. The van der Waals surface area contributed by atoms with Crippen LogP contribution in [0.1, 0.15) is 32.1 Å². The number of benzene rings is 1. The van der Waals surface area contributed by atoms with Gasteiger partial charge in [-0.2, -0.15) is 12.7 Å². The average molecular weight is 432 g/mol. The summed E-state index contributed by atoms with van der Waals surface area (Å²) in [6.07, 6.45) is 5.92. The van der Waals surface area contributed by atoms with E-state index in [1.54, 1.807) is 0 Å². The Bertz CT molecular complexity index is 768. The van der Waals surface area contributed by atoms with Gasteiger partial charge >= 0.3 is 10.2 Å². The van der Waals surface area contributed by atoms with E-state index >= 15 is 0 Å². The Kier molecular flexibility index (Phi) is 9.01. The number of hydrogen-bond acceptors (Lipinski definition) is 4. The second-order valence-corrected chi connectivity index (χ2v) is 9.19. The highest BCUT2D eigenvalue weighted by Crippen LogP contribution is 2.27. The minimum Gasteiger partial charge on any atom is -0.378 e. The van der Waals surface area contributed by atoms with E-state index in [-0.39, 0.29) is 17.8 Å². The van der Waals surface area contributed by atoms with E-state index in [4.69, 9.17) is 4.74 Å². The van der Waals surface area contributed by atoms with Crippen LogP contribution in [0.2, 0.25) is 0 Å². The number of nitrogens with one attached hydrogen (secondary N) is 1. The van der Waals surface area contributed by atoms with Crippen molar-refractivity contribution in [3.8, 4) is 0 Å². The molecule has 0 aliphatic heterocycles. The number of hydrogen-bond donors (Lipinski definition) is 1. The smallest absolute Gasteiger partial charge is 0.301 e. The van der Waals surface area contributed by atoms with Gasteiger partial charge in [0.1, 0.15) is 0 Å². The van der Waals surface area contributed by atoms with Crippen LogP contribution in [0.15, 0.2) is 30.9 Å². The van der Waals surface area contributed by atoms with Crippen LogP contribution in [0.25, 0.3) is 0 Å². The molecule has 2 rings (SSSR count). The lowest BCUT2D eigenvalue weighted by Crippen LogP contribution is -2.43. The largest absolute Gasteiger partial charge is 0.378 e. The third-order valence-corrected chi connectivity index (χ3v) is 6.73. The minimum absolute atomic E-state index is 0.00538. The fraction of sp³-hybridized carbons (Fsp3) is 0.600. The van der Waals surface area contributed by atoms with Crippen molar-refractivity contribution in [3.05, 3.63) is 42.5 Å². The maximum atomic E-state index is 13.3. The molecule has 1 aliphatic rings. The molecular formula is C20H31F2N3O3S. The van der Waals surface area contributed by atoms with Crippen molar-refractivity contribution >= 4 is 15.9 Å². The second kappa shape index (κ2) is 11.0. The van der Waals surface area contributed by atoms with Gasteiger partial charge in [-0.15, -0.1) is 6.58 Å². The Labute approximate surface area is 172 Å². The predicted octanol–water partition coefficient (Wildman–Crippen LogP) is 3.39. The Balaban J connectivity index is 1.77. The van der Waals surface area contributed by atoms with Crippen LogP contribution < -0.4 is 4.72 Å². The maximum absolute atomic E-state index is 13.3. The van der Waals surface area contributed by atoms with Crippen LogP contribution in [0.3, 0.4) is 0 Å². The molecule has 0 radical (unpaired) electrons. The van der Waals surface area contributed by atoms with Gasteiger partial charge in [-0.1, -0.05) is 6.08 Å². The monoisotopic (exact) mass is 431 g/mol. The zero-order valence-electron chi connectivity index (χ0n) is 17.1. The van der Waals surface area contributed by atoms with Crippen LogP contribution in [0.4, 0.5) is 14.5 Å². The summed E-state index contributed by atoms with van der Waals surface area (Å²) < 4.78 is 61.0. The van der Waals surface area contributed by atoms with Gasteiger partial charge in [0.2, 0.25) is 0 Å². The highest BCUT2D eigenvalue weighted by Gasteiger charge is 2.31. The van der Waals surface area contributed by atoms with Gasteiger partial charge in [-0.05, 0) is 51.3 Å². The first kappa shape index (κ1) is 23.7. The quantitative estimate of drug-likeness (QED) is 0.431. The number of likely N-dealkylation sites (N-methyl/N-ethyl adjacent to an activating group) is 1. The Morgan fingerprint density at radius 3 is 2.52 bits per heavy atom. The van der Waals surface area contributed by atoms with E-state index in [9.17, 15) is 17.2 Å². The Hall–Kier alpha value is -1.55. The van der Waals surface area contributed by atoms with Gasteiger partial charge in [0.25, 0.3) is 0 Å². The summed E-state index contributed by atoms with van der Waals surface area (Å²) in [6.45, 7) is 6.19. The van der Waals surface area contributed by atoms with Crippen molar-refractivity contribution in [3.63, 3.8) is 0 Å².